The molecular weight excluding hydrogens is 434 g/mol. The number of aliphatic imine (C=N–C) groups is 1. The molecule has 166 valence electrons. The van der Waals surface area contributed by atoms with E-state index in [2.05, 4.69) is 126 Å². The quantitative estimate of drug-likeness (QED) is 0.281. The second-order valence-electron chi connectivity index (χ2n) is 8.52. The number of benzene rings is 4. The van der Waals surface area contributed by atoms with E-state index in [-0.39, 0.29) is 11.2 Å². The topological polar surface area (TPSA) is 40.2 Å². The number of aromatic nitrogens is 1. The Morgan fingerprint density at radius 2 is 1.47 bits per heavy atom. The highest BCUT2D eigenvalue weighted by Gasteiger charge is 2.33. The van der Waals surface area contributed by atoms with Crippen molar-refractivity contribution in [2.24, 2.45) is 10.9 Å². The van der Waals surface area contributed by atoms with Gasteiger partial charge in [0, 0.05) is 51.0 Å². The number of para-hydroxylation sites is 3. The van der Waals surface area contributed by atoms with E-state index in [1.54, 1.807) is 0 Å². The van der Waals surface area contributed by atoms with Gasteiger partial charge in [-0.15, -0.1) is 11.8 Å². The maximum atomic E-state index is 5.34. The van der Waals surface area contributed by atoms with Gasteiger partial charge in [0.25, 0.3) is 0 Å². The van der Waals surface area contributed by atoms with Gasteiger partial charge in [-0.3, -0.25) is 4.99 Å². The average Bonchev–Trinajstić information content (AvgIpc) is 3.25. The molecule has 2 heterocycles. The maximum absolute atomic E-state index is 5.34. The first kappa shape index (κ1) is 20.8. The minimum Gasteiger partial charge on any atom is -0.384 e. The van der Waals surface area contributed by atoms with Crippen LogP contribution in [0.15, 0.2) is 125 Å². The van der Waals surface area contributed by atoms with Crippen molar-refractivity contribution in [2.45, 2.75) is 10.1 Å². The Kier molecular flexibility index (Phi) is 5.66. The lowest BCUT2D eigenvalue weighted by molar-refractivity contribution is 0.709. The van der Waals surface area contributed by atoms with Crippen LogP contribution >= 0.6 is 11.8 Å². The smallest absolute Gasteiger partial charge is 0.0769 e. The number of H-pyrrole nitrogens is 1. The summed E-state index contributed by atoms with van der Waals surface area (Å²) in [5, 5.41) is 5.13. The van der Waals surface area contributed by atoms with E-state index in [0.717, 1.165) is 29.1 Å². The molecule has 0 saturated carbocycles. The third-order valence-corrected chi connectivity index (χ3v) is 7.82. The van der Waals surface area contributed by atoms with Crippen molar-refractivity contribution in [1.82, 2.24) is 4.98 Å². The summed E-state index contributed by atoms with van der Waals surface area (Å²) in [6.07, 6.45) is 2.12. The molecule has 0 aliphatic carbocycles. The van der Waals surface area contributed by atoms with Crippen molar-refractivity contribution in [2.75, 3.05) is 11.9 Å². The molecule has 0 spiro atoms. The molecule has 0 amide bonds. The summed E-state index contributed by atoms with van der Waals surface area (Å²) in [6, 6.07) is 38.3. The third kappa shape index (κ3) is 4.02. The molecule has 2 unspecified atom stereocenters. The van der Waals surface area contributed by atoms with Crippen molar-refractivity contribution in [3.63, 3.8) is 0 Å². The van der Waals surface area contributed by atoms with Gasteiger partial charge in [-0.25, -0.2) is 0 Å². The molecule has 1 aliphatic rings. The molecular formula is C30H25N3S. The molecule has 34 heavy (non-hydrogen) atoms. The zero-order chi connectivity index (χ0) is 22.7. The standard InChI is InChI=1S/C30H25N3S/c1-3-11-21(12-4-1)30-25(20-31-22-13-5-2-6-14-22)29(33-27-17-9-10-18-28(27)34-30)24-19-32-26-16-8-7-15-23(24)26/h1-19,25,30-32H,20H2. The summed E-state index contributed by atoms with van der Waals surface area (Å²) in [5.41, 5.74) is 6.91. The Morgan fingerprint density at radius 3 is 2.32 bits per heavy atom. The molecule has 0 bridgehead atoms. The van der Waals surface area contributed by atoms with Crippen molar-refractivity contribution in [3.8, 4) is 0 Å². The van der Waals surface area contributed by atoms with Crippen LogP contribution in [0.25, 0.3) is 10.9 Å². The highest BCUT2D eigenvalue weighted by atomic mass is 32.2. The summed E-state index contributed by atoms with van der Waals surface area (Å²) in [7, 11) is 0. The number of rotatable bonds is 5. The molecule has 0 radical (unpaired) electrons. The lowest BCUT2D eigenvalue weighted by atomic mass is 9.89. The molecule has 1 aliphatic heterocycles. The van der Waals surface area contributed by atoms with Crippen LogP contribution in [0, 0.1) is 5.92 Å². The predicted octanol–water partition coefficient (Wildman–Crippen LogP) is 7.86. The van der Waals surface area contributed by atoms with Crippen molar-refractivity contribution in [1.29, 1.82) is 0 Å². The summed E-state index contributed by atoms with van der Waals surface area (Å²) < 4.78 is 0. The van der Waals surface area contributed by atoms with E-state index in [1.165, 1.54) is 21.4 Å². The number of nitrogens with one attached hydrogen (secondary N) is 2. The van der Waals surface area contributed by atoms with Crippen LogP contribution in [0.2, 0.25) is 0 Å². The first-order valence-electron chi connectivity index (χ1n) is 11.6. The van der Waals surface area contributed by atoms with Gasteiger partial charge in [-0.05, 0) is 35.9 Å². The fraction of sp³-hybridized carbons (Fsp3) is 0.100. The molecule has 6 rings (SSSR count). The minimum absolute atomic E-state index is 0.152. The summed E-state index contributed by atoms with van der Waals surface area (Å²) in [6.45, 7) is 0.781. The second-order valence-corrected chi connectivity index (χ2v) is 9.70. The lowest BCUT2D eigenvalue weighted by Crippen LogP contribution is -2.28. The van der Waals surface area contributed by atoms with E-state index in [0.29, 0.717) is 0 Å². The van der Waals surface area contributed by atoms with Crippen LogP contribution in [0.1, 0.15) is 16.4 Å². The van der Waals surface area contributed by atoms with Gasteiger partial charge in [0.1, 0.15) is 0 Å². The molecule has 2 atom stereocenters. The average molecular weight is 460 g/mol. The number of anilines is 1. The van der Waals surface area contributed by atoms with Crippen molar-refractivity contribution >= 4 is 39.8 Å². The normalized spacial score (nSPS) is 17.6. The van der Waals surface area contributed by atoms with E-state index in [9.17, 15) is 0 Å². The zero-order valence-corrected chi connectivity index (χ0v) is 19.5. The molecule has 0 saturated heterocycles. The van der Waals surface area contributed by atoms with Gasteiger partial charge >= 0.3 is 0 Å². The molecule has 0 fully saturated rings. The fourth-order valence-electron chi connectivity index (χ4n) is 4.70. The Morgan fingerprint density at radius 1 is 0.765 bits per heavy atom. The second kappa shape index (κ2) is 9.24. The van der Waals surface area contributed by atoms with Crippen LogP contribution in [0.3, 0.4) is 0 Å². The van der Waals surface area contributed by atoms with Crippen LogP contribution in [0.5, 0.6) is 0 Å². The van der Waals surface area contributed by atoms with E-state index >= 15 is 0 Å². The number of nitrogens with zero attached hydrogens (tertiary/aromatic N) is 1. The maximum Gasteiger partial charge on any atom is 0.0769 e. The molecule has 3 nitrogen and oxygen atoms in total. The molecule has 4 heteroatoms. The number of hydrogen-bond acceptors (Lipinski definition) is 3. The van der Waals surface area contributed by atoms with Crippen LogP contribution in [-0.2, 0) is 0 Å². The zero-order valence-electron chi connectivity index (χ0n) is 18.7. The Balaban J connectivity index is 1.52. The van der Waals surface area contributed by atoms with Gasteiger partial charge in [0.05, 0.1) is 11.4 Å². The summed E-state index contributed by atoms with van der Waals surface area (Å²) >= 11 is 1.92. The van der Waals surface area contributed by atoms with E-state index in [4.69, 9.17) is 4.99 Å². The Labute approximate surface area is 204 Å². The number of thioether (sulfide) groups is 1. The Bertz CT molecular complexity index is 1440. The van der Waals surface area contributed by atoms with Crippen molar-refractivity contribution in [3.05, 3.63) is 127 Å². The number of fused-ring (bicyclic) bond motifs is 2. The van der Waals surface area contributed by atoms with Gasteiger partial charge in [-0.2, -0.15) is 0 Å². The minimum atomic E-state index is 0.152. The highest BCUT2D eigenvalue weighted by Crippen LogP contribution is 2.48. The summed E-state index contributed by atoms with van der Waals surface area (Å²) in [4.78, 5) is 10.0. The molecule has 2 N–H and O–H groups in total. The first-order chi connectivity index (χ1) is 16.9. The van der Waals surface area contributed by atoms with Crippen LogP contribution < -0.4 is 5.32 Å². The predicted molar refractivity (Wildman–Crippen MR) is 144 cm³/mol. The van der Waals surface area contributed by atoms with E-state index < -0.39 is 0 Å². The number of hydrogen-bond donors (Lipinski definition) is 2. The largest absolute Gasteiger partial charge is 0.384 e. The van der Waals surface area contributed by atoms with Crippen molar-refractivity contribution < 1.29 is 0 Å². The SMILES string of the molecule is c1ccc(NCC2C(c3c[nH]c4ccccc34)=Nc3ccccc3SC2c2ccccc2)cc1. The van der Waals surface area contributed by atoms with Crippen LogP contribution in [0.4, 0.5) is 11.4 Å². The van der Waals surface area contributed by atoms with E-state index in [1.807, 2.05) is 11.8 Å². The summed E-state index contributed by atoms with van der Waals surface area (Å²) in [5.74, 6) is 0.152. The van der Waals surface area contributed by atoms with Crippen LogP contribution in [-0.4, -0.2) is 17.2 Å². The van der Waals surface area contributed by atoms with Gasteiger partial charge in [-0.1, -0.05) is 78.9 Å². The first-order valence-corrected chi connectivity index (χ1v) is 12.5. The Hall–Kier alpha value is -3.76. The number of aromatic amines is 1. The molecule has 1 aromatic heterocycles. The highest BCUT2D eigenvalue weighted by molar-refractivity contribution is 7.99. The third-order valence-electron chi connectivity index (χ3n) is 6.37. The monoisotopic (exact) mass is 459 g/mol. The molecule has 4 aromatic carbocycles. The van der Waals surface area contributed by atoms with Gasteiger partial charge in [0.2, 0.25) is 0 Å². The van der Waals surface area contributed by atoms with Gasteiger partial charge < -0.3 is 10.3 Å². The molecule has 5 aromatic rings. The fourth-order valence-corrected chi connectivity index (χ4v) is 6.05. The van der Waals surface area contributed by atoms with Gasteiger partial charge in [0.15, 0.2) is 0 Å². The lowest BCUT2D eigenvalue weighted by Gasteiger charge is -2.27.